The molecule has 6 nitrogen and oxygen atoms in total. The first kappa shape index (κ1) is 22.9. The lowest BCUT2D eigenvalue weighted by molar-refractivity contribution is -0.140. The number of hydrogen-bond donors (Lipinski definition) is 1. The van der Waals surface area contributed by atoms with Gasteiger partial charge in [0.2, 0.25) is 14.8 Å². The molecule has 1 N–H and O–H groups in total. The van der Waals surface area contributed by atoms with Gasteiger partial charge in [0.1, 0.15) is 0 Å². The van der Waals surface area contributed by atoms with Crippen molar-refractivity contribution in [3.8, 4) is 0 Å². The Hall–Kier alpha value is -2.30. The van der Waals surface area contributed by atoms with Gasteiger partial charge < -0.3 is 10.0 Å². The molecule has 32 heavy (non-hydrogen) atoms. The Morgan fingerprint density at radius 3 is 2.31 bits per heavy atom. The number of carboxylic acid groups (broad SMARTS) is 1. The van der Waals surface area contributed by atoms with Crippen molar-refractivity contribution in [2.45, 2.75) is 23.8 Å². The van der Waals surface area contributed by atoms with Crippen LogP contribution in [0.3, 0.4) is 0 Å². The number of aliphatic carboxylic acids is 1. The number of alkyl halides is 3. The van der Waals surface area contributed by atoms with Crippen LogP contribution in [-0.2, 0) is 32.2 Å². The van der Waals surface area contributed by atoms with E-state index in [2.05, 4.69) is 0 Å². The highest BCUT2D eigenvalue weighted by Gasteiger charge is 2.58. The molecule has 1 heterocycles. The fraction of sp³-hybridized carbons (Fsp3) is 0.381. The molecule has 0 aromatic heterocycles. The van der Waals surface area contributed by atoms with Crippen LogP contribution in [0.15, 0.2) is 42.5 Å². The highest BCUT2D eigenvalue weighted by molar-refractivity contribution is 7.90. The quantitative estimate of drug-likeness (QED) is 0.709. The van der Waals surface area contributed by atoms with E-state index >= 15 is 0 Å². The summed E-state index contributed by atoms with van der Waals surface area (Å²) in [6.45, 7) is 0.410. The molecule has 172 valence electrons. The summed E-state index contributed by atoms with van der Waals surface area (Å²) in [4.78, 5) is 14.0. The van der Waals surface area contributed by atoms with E-state index in [1.54, 1.807) is 29.2 Å². The molecule has 0 amide bonds. The largest absolute Gasteiger partial charge is 0.480 e. The topological polar surface area (TPSA) is 77.9 Å². The van der Waals surface area contributed by atoms with E-state index in [4.69, 9.17) is 11.6 Å². The molecule has 0 spiro atoms. The maximum atomic E-state index is 13.5. The number of aryl methyl sites for hydroxylation is 1. The summed E-state index contributed by atoms with van der Waals surface area (Å²) >= 11 is 5.80. The van der Waals surface area contributed by atoms with Gasteiger partial charge in [-0.2, -0.15) is 17.5 Å². The molecule has 1 aliphatic carbocycles. The van der Waals surface area contributed by atoms with Crippen LogP contribution in [0.25, 0.3) is 0 Å². The average Bonchev–Trinajstić information content (AvgIpc) is 3.14. The zero-order valence-electron chi connectivity index (χ0n) is 16.8. The normalized spacial score (nSPS) is 22.1. The van der Waals surface area contributed by atoms with Gasteiger partial charge in [0.05, 0.1) is 10.6 Å². The lowest BCUT2D eigenvalue weighted by Gasteiger charge is -2.39. The first-order valence-corrected chi connectivity index (χ1v) is 11.7. The Bertz CT molecular complexity index is 1160. The van der Waals surface area contributed by atoms with Gasteiger partial charge in [-0.25, -0.2) is 8.42 Å². The Morgan fingerprint density at radius 2 is 1.72 bits per heavy atom. The first-order chi connectivity index (χ1) is 15.0. The molecular formula is C21H20ClF3N2O4S. The number of nitrogens with zero attached hydrogens (tertiary/aromatic N) is 2. The number of benzene rings is 2. The van der Waals surface area contributed by atoms with E-state index in [9.17, 15) is 31.5 Å². The second-order valence-electron chi connectivity index (χ2n) is 7.84. The van der Waals surface area contributed by atoms with Gasteiger partial charge in [-0.1, -0.05) is 35.9 Å². The zero-order chi connectivity index (χ0) is 23.3. The van der Waals surface area contributed by atoms with E-state index in [-0.39, 0.29) is 32.6 Å². The summed E-state index contributed by atoms with van der Waals surface area (Å²) in [7, 11) is -4.24. The third-order valence-corrected chi connectivity index (χ3v) is 9.02. The van der Waals surface area contributed by atoms with Crippen molar-refractivity contribution in [1.29, 1.82) is 0 Å². The van der Waals surface area contributed by atoms with E-state index in [0.29, 0.717) is 23.2 Å². The number of carbonyl (C=O) groups is 1. The molecule has 0 bridgehead atoms. The minimum absolute atomic E-state index is 0.0121. The SMILES string of the molecule is O=C(O)C1(S(=O)(=O)N2CCN(c3ccc(C(F)(F)F)c(Cl)c3)CC2)CCc2ccccc21. The lowest BCUT2D eigenvalue weighted by Crippen LogP contribution is -2.56. The smallest absolute Gasteiger partial charge is 0.417 e. The van der Waals surface area contributed by atoms with Crippen LogP contribution < -0.4 is 4.90 Å². The molecule has 0 radical (unpaired) electrons. The van der Waals surface area contributed by atoms with Crippen LogP contribution >= 0.6 is 11.6 Å². The van der Waals surface area contributed by atoms with Crippen LogP contribution in [0, 0.1) is 0 Å². The molecular weight excluding hydrogens is 469 g/mol. The number of sulfonamides is 1. The second kappa shape index (κ2) is 7.93. The molecule has 2 aromatic rings. The van der Waals surface area contributed by atoms with Gasteiger partial charge >= 0.3 is 12.1 Å². The van der Waals surface area contributed by atoms with E-state index in [1.807, 2.05) is 0 Å². The van der Waals surface area contributed by atoms with Gasteiger partial charge in [0.25, 0.3) is 0 Å². The second-order valence-corrected chi connectivity index (χ2v) is 10.4. The van der Waals surface area contributed by atoms with Crippen LogP contribution in [-0.4, -0.2) is 50.0 Å². The summed E-state index contributed by atoms with van der Waals surface area (Å²) in [5, 5.41) is 9.57. The number of fused-ring (bicyclic) bond motifs is 1. The predicted octanol–water partition coefficient (Wildman–Crippen LogP) is 3.74. The molecule has 1 fully saturated rings. The van der Waals surface area contributed by atoms with Gasteiger partial charge in [0, 0.05) is 31.9 Å². The third kappa shape index (κ3) is 3.54. The molecule has 11 heteroatoms. The maximum absolute atomic E-state index is 13.5. The minimum Gasteiger partial charge on any atom is -0.480 e. The molecule has 2 aromatic carbocycles. The molecule has 1 atom stereocenters. The van der Waals surface area contributed by atoms with Crippen LogP contribution in [0.2, 0.25) is 5.02 Å². The van der Waals surface area contributed by atoms with Crippen molar-refractivity contribution in [2.75, 3.05) is 31.1 Å². The highest BCUT2D eigenvalue weighted by Crippen LogP contribution is 2.45. The Morgan fingerprint density at radius 1 is 1.06 bits per heavy atom. The molecule has 1 aliphatic heterocycles. The van der Waals surface area contributed by atoms with Gasteiger partial charge in [-0.15, -0.1) is 0 Å². The van der Waals surface area contributed by atoms with Crippen molar-refractivity contribution in [1.82, 2.24) is 4.31 Å². The fourth-order valence-electron chi connectivity index (χ4n) is 4.52. The Labute approximate surface area is 188 Å². The van der Waals surface area contributed by atoms with Crippen LogP contribution in [0.1, 0.15) is 23.1 Å². The van der Waals surface area contributed by atoms with Crippen LogP contribution in [0.5, 0.6) is 0 Å². The standard InChI is InChI=1S/C21H20ClF3N2O4S/c22-18-13-15(5-6-17(18)21(23,24)25)26-9-11-27(12-10-26)32(30,31)20(19(28)29)8-7-14-3-1-2-4-16(14)20/h1-6,13H,7-12H2,(H,28,29). The van der Waals surface area contributed by atoms with E-state index in [1.165, 1.54) is 16.4 Å². The van der Waals surface area contributed by atoms with Gasteiger partial charge in [0.15, 0.2) is 0 Å². The summed E-state index contributed by atoms with van der Waals surface area (Å²) < 4.78 is 65.0. The zero-order valence-corrected chi connectivity index (χ0v) is 18.3. The number of halogens is 4. The number of rotatable bonds is 4. The minimum atomic E-state index is -4.56. The fourth-order valence-corrected chi connectivity index (χ4v) is 6.94. The van der Waals surface area contributed by atoms with Crippen molar-refractivity contribution in [2.24, 2.45) is 0 Å². The Kier molecular flexibility index (Phi) is 5.67. The molecule has 4 rings (SSSR count). The van der Waals surface area contributed by atoms with E-state index < -0.39 is 37.5 Å². The molecule has 1 saturated heterocycles. The lowest BCUT2D eigenvalue weighted by atomic mass is 10.0. The number of carboxylic acids is 1. The van der Waals surface area contributed by atoms with Crippen molar-refractivity contribution >= 4 is 33.3 Å². The highest BCUT2D eigenvalue weighted by atomic mass is 35.5. The summed E-state index contributed by atoms with van der Waals surface area (Å²) in [6.07, 6.45) is -4.25. The van der Waals surface area contributed by atoms with E-state index in [0.717, 1.165) is 6.07 Å². The number of anilines is 1. The molecule has 2 aliphatic rings. The summed E-state index contributed by atoms with van der Waals surface area (Å²) in [5.74, 6) is -1.40. The molecule has 0 saturated carbocycles. The maximum Gasteiger partial charge on any atom is 0.417 e. The van der Waals surface area contributed by atoms with Gasteiger partial charge in [-0.3, -0.25) is 4.79 Å². The number of piperazine rings is 1. The third-order valence-electron chi connectivity index (χ3n) is 6.19. The monoisotopic (exact) mass is 488 g/mol. The molecule has 1 unspecified atom stereocenters. The van der Waals surface area contributed by atoms with Crippen molar-refractivity contribution < 1.29 is 31.5 Å². The Balaban J connectivity index is 1.57. The van der Waals surface area contributed by atoms with Crippen molar-refractivity contribution in [3.63, 3.8) is 0 Å². The van der Waals surface area contributed by atoms with Gasteiger partial charge in [-0.05, 0) is 42.2 Å². The average molecular weight is 489 g/mol. The van der Waals surface area contributed by atoms with Crippen molar-refractivity contribution in [3.05, 3.63) is 64.2 Å². The first-order valence-electron chi connectivity index (χ1n) is 9.91. The number of hydrogen-bond acceptors (Lipinski definition) is 4. The van der Waals surface area contributed by atoms with Crippen LogP contribution in [0.4, 0.5) is 18.9 Å². The predicted molar refractivity (Wildman–Crippen MR) is 113 cm³/mol. The summed E-state index contributed by atoms with van der Waals surface area (Å²) in [6, 6.07) is 10.1. The summed E-state index contributed by atoms with van der Waals surface area (Å²) in [5.41, 5.74) is 0.507.